The van der Waals surface area contributed by atoms with Crippen LogP contribution >= 0.6 is 11.8 Å². The number of carbonyl (C=O) groups excluding carboxylic acids is 1. The zero-order valence-electron chi connectivity index (χ0n) is 7.64. The van der Waals surface area contributed by atoms with Gasteiger partial charge in [-0.3, -0.25) is 0 Å². The third-order valence-electron chi connectivity index (χ3n) is 2.07. The van der Waals surface area contributed by atoms with E-state index in [-0.39, 0.29) is 6.04 Å². The summed E-state index contributed by atoms with van der Waals surface area (Å²) in [4.78, 5) is 10.6. The normalized spacial score (nSPS) is 20.9. The van der Waals surface area contributed by atoms with Crippen molar-refractivity contribution in [1.82, 2.24) is 5.32 Å². The molecule has 14 heavy (non-hydrogen) atoms. The quantitative estimate of drug-likeness (QED) is 0.747. The number of thioether (sulfide) groups is 1. The molecule has 1 unspecified atom stereocenters. The fourth-order valence-electron chi connectivity index (χ4n) is 1.35. The van der Waals surface area contributed by atoms with Gasteiger partial charge in [-0.05, 0) is 11.0 Å². The van der Waals surface area contributed by atoms with E-state index < -0.39 is 0 Å². The van der Waals surface area contributed by atoms with Gasteiger partial charge in [-0.2, -0.15) is 0 Å². The number of carbonyl (C=O) groups is 1. The average Bonchev–Trinajstić information content (AvgIpc) is 2.30. The highest BCUT2D eigenvalue weighted by molar-refractivity contribution is 8.02. The first-order valence-electron chi connectivity index (χ1n) is 4.49. The zero-order valence-corrected chi connectivity index (χ0v) is 8.46. The minimum Gasteiger partial charge on any atom is -0.374 e. The van der Waals surface area contributed by atoms with Crippen LogP contribution in [0.25, 0.3) is 5.70 Å². The second-order valence-corrected chi connectivity index (χ2v) is 4.02. The summed E-state index contributed by atoms with van der Waals surface area (Å²) in [6, 6.07) is 9.98. The van der Waals surface area contributed by atoms with Gasteiger partial charge < -0.3 is 10.1 Å². The number of rotatable bonds is 2. The molecule has 1 aromatic carbocycles. The average molecular weight is 205 g/mol. The van der Waals surface area contributed by atoms with E-state index in [4.69, 9.17) is 0 Å². The summed E-state index contributed by atoms with van der Waals surface area (Å²) in [7, 11) is 0. The Balaban J connectivity index is 2.19. The lowest BCUT2D eigenvalue weighted by Gasteiger charge is -2.20. The monoisotopic (exact) mass is 205 g/mol. The second kappa shape index (κ2) is 4.33. The molecule has 0 aliphatic carbocycles. The van der Waals surface area contributed by atoms with Crippen LogP contribution in [-0.2, 0) is 4.79 Å². The summed E-state index contributed by atoms with van der Waals surface area (Å²) in [5.74, 6) is 0.819. The Hall–Kier alpha value is -1.22. The lowest BCUT2D eigenvalue weighted by atomic mass is 10.1. The number of aldehydes is 1. The molecule has 0 radical (unpaired) electrons. The summed E-state index contributed by atoms with van der Waals surface area (Å²) >= 11 is 1.67. The van der Waals surface area contributed by atoms with Crippen LogP contribution in [0.1, 0.15) is 5.56 Å². The smallest absolute Gasteiger partial charge is 0.143 e. The van der Waals surface area contributed by atoms with E-state index in [1.54, 1.807) is 11.8 Å². The van der Waals surface area contributed by atoms with Crippen molar-refractivity contribution in [2.24, 2.45) is 0 Å². The molecule has 0 spiro atoms. The molecule has 1 N–H and O–H groups in total. The Kier molecular flexibility index (Phi) is 2.89. The largest absolute Gasteiger partial charge is 0.374 e. The van der Waals surface area contributed by atoms with Gasteiger partial charge in [-0.15, -0.1) is 11.8 Å². The molecule has 1 aromatic rings. The molecule has 72 valence electrons. The van der Waals surface area contributed by atoms with Gasteiger partial charge in [0.15, 0.2) is 0 Å². The Morgan fingerprint density at radius 3 is 2.86 bits per heavy atom. The zero-order chi connectivity index (χ0) is 9.80. The van der Waals surface area contributed by atoms with Crippen LogP contribution in [0.3, 0.4) is 0 Å². The van der Waals surface area contributed by atoms with Crippen LogP contribution in [0.5, 0.6) is 0 Å². The maximum atomic E-state index is 10.6. The lowest BCUT2D eigenvalue weighted by Crippen LogP contribution is -2.33. The molecule has 2 nitrogen and oxygen atoms in total. The maximum absolute atomic E-state index is 10.6. The van der Waals surface area contributed by atoms with Gasteiger partial charge in [0.05, 0.1) is 6.04 Å². The van der Waals surface area contributed by atoms with Crippen LogP contribution in [0.4, 0.5) is 0 Å². The fraction of sp³-hybridized carbons (Fsp3) is 0.182. The summed E-state index contributed by atoms with van der Waals surface area (Å²) in [5.41, 5.74) is 2.17. The van der Waals surface area contributed by atoms with E-state index in [2.05, 4.69) is 10.7 Å². The minimum atomic E-state index is -0.0554. The SMILES string of the molecule is O=CC1CSC=C(c2ccccc2)N1. The van der Waals surface area contributed by atoms with E-state index >= 15 is 0 Å². The van der Waals surface area contributed by atoms with Crippen molar-refractivity contribution in [3.05, 3.63) is 41.3 Å². The minimum absolute atomic E-state index is 0.0554. The molecule has 0 saturated carbocycles. The fourth-order valence-corrected chi connectivity index (χ4v) is 2.19. The molecule has 1 aliphatic heterocycles. The Morgan fingerprint density at radius 1 is 1.36 bits per heavy atom. The predicted molar refractivity (Wildman–Crippen MR) is 59.9 cm³/mol. The molecule has 0 fully saturated rings. The van der Waals surface area contributed by atoms with Crippen molar-refractivity contribution >= 4 is 23.7 Å². The van der Waals surface area contributed by atoms with Crippen LogP contribution < -0.4 is 5.32 Å². The van der Waals surface area contributed by atoms with E-state index in [0.717, 1.165) is 23.3 Å². The summed E-state index contributed by atoms with van der Waals surface area (Å²) in [5, 5.41) is 5.26. The van der Waals surface area contributed by atoms with Crippen LogP contribution in [0.2, 0.25) is 0 Å². The molecule has 1 heterocycles. The summed E-state index contributed by atoms with van der Waals surface area (Å²) in [6.07, 6.45) is 0.961. The number of benzene rings is 1. The molecule has 0 amide bonds. The highest BCUT2D eigenvalue weighted by Crippen LogP contribution is 2.21. The van der Waals surface area contributed by atoms with E-state index in [1.807, 2.05) is 30.3 Å². The Morgan fingerprint density at radius 2 is 2.14 bits per heavy atom. The lowest BCUT2D eigenvalue weighted by molar-refractivity contribution is -0.108. The summed E-state index contributed by atoms with van der Waals surface area (Å²) < 4.78 is 0. The van der Waals surface area contributed by atoms with E-state index in [0.29, 0.717) is 0 Å². The molecule has 1 atom stereocenters. The van der Waals surface area contributed by atoms with Crippen molar-refractivity contribution in [1.29, 1.82) is 0 Å². The van der Waals surface area contributed by atoms with Gasteiger partial charge in [-0.25, -0.2) is 0 Å². The van der Waals surface area contributed by atoms with Crippen LogP contribution in [0, 0.1) is 0 Å². The third-order valence-corrected chi connectivity index (χ3v) is 3.02. The molecule has 0 saturated heterocycles. The number of hydrogen-bond acceptors (Lipinski definition) is 3. The molecule has 3 heteroatoms. The first-order chi connectivity index (χ1) is 6.90. The van der Waals surface area contributed by atoms with Crippen molar-refractivity contribution < 1.29 is 4.79 Å². The highest BCUT2D eigenvalue weighted by atomic mass is 32.2. The Labute approximate surface area is 87.4 Å². The Bertz CT molecular complexity index is 348. The van der Waals surface area contributed by atoms with E-state index in [9.17, 15) is 4.79 Å². The number of nitrogens with one attached hydrogen (secondary N) is 1. The maximum Gasteiger partial charge on any atom is 0.143 e. The summed E-state index contributed by atoms with van der Waals surface area (Å²) in [6.45, 7) is 0. The topological polar surface area (TPSA) is 29.1 Å². The highest BCUT2D eigenvalue weighted by Gasteiger charge is 2.13. The van der Waals surface area contributed by atoms with Gasteiger partial charge >= 0.3 is 0 Å². The molecule has 0 bridgehead atoms. The molecule has 0 aromatic heterocycles. The number of hydrogen-bond donors (Lipinski definition) is 1. The van der Waals surface area contributed by atoms with Crippen LogP contribution in [-0.4, -0.2) is 18.1 Å². The van der Waals surface area contributed by atoms with Gasteiger partial charge in [0, 0.05) is 11.4 Å². The van der Waals surface area contributed by atoms with Gasteiger partial charge in [0.2, 0.25) is 0 Å². The van der Waals surface area contributed by atoms with E-state index in [1.165, 1.54) is 0 Å². The molecule has 2 rings (SSSR count). The first kappa shape index (κ1) is 9.34. The van der Waals surface area contributed by atoms with Crippen molar-refractivity contribution in [2.75, 3.05) is 5.75 Å². The molecular weight excluding hydrogens is 194 g/mol. The molecular formula is C11H11NOS. The first-order valence-corrected chi connectivity index (χ1v) is 5.54. The van der Waals surface area contributed by atoms with Crippen molar-refractivity contribution in [2.45, 2.75) is 6.04 Å². The van der Waals surface area contributed by atoms with Crippen LogP contribution in [0.15, 0.2) is 35.7 Å². The molecule has 1 aliphatic rings. The second-order valence-electron chi connectivity index (χ2n) is 3.12. The third kappa shape index (κ3) is 1.99. The van der Waals surface area contributed by atoms with Gasteiger partial charge in [0.25, 0.3) is 0 Å². The van der Waals surface area contributed by atoms with Gasteiger partial charge in [-0.1, -0.05) is 30.3 Å². The standard InChI is InChI=1S/C11H11NOS/c13-6-10-7-14-8-11(12-10)9-4-2-1-3-5-9/h1-6,8,10,12H,7H2. The van der Waals surface area contributed by atoms with Gasteiger partial charge in [0.1, 0.15) is 6.29 Å². The van der Waals surface area contributed by atoms with Crippen molar-refractivity contribution in [3.8, 4) is 0 Å². The predicted octanol–water partition coefficient (Wildman–Crippen LogP) is 1.89. The van der Waals surface area contributed by atoms with Crippen molar-refractivity contribution in [3.63, 3.8) is 0 Å².